The van der Waals surface area contributed by atoms with Crippen molar-refractivity contribution in [1.82, 2.24) is 14.9 Å². The third-order valence-corrected chi connectivity index (χ3v) is 3.75. The number of aromatic nitrogens is 2. The molecule has 1 aliphatic heterocycles. The highest BCUT2D eigenvalue weighted by molar-refractivity contribution is 5.36. The molecule has 106 valence electrons. The van der Waals surface area contributed by atoms with E-state index < -0.39 is 0 Å². The summed E-state index contributed by atoms with van der Waals surface area (Å²) in [6.45, 7) is 7.28. The Morgan fingerprint density at radius 1 is 1.58 bits per heavy atom. The zero-order valence-electron chi connectivity index (χ0n) is 12.1. The summed E-state index contributed by atoms with van der Waals surface area (Å²) in [6, 6.07) is 0.282. The number of nitrogens with one attached hydrogen (secondary N) is 1. The minimum atomic E-state index is -0.0139. The van der Waals surface area contributed by atoms with Gasteiger partial charge in [0.05, 0.1) is 0 Å². The molecule has 1 unspecified atom stereocenters. The maximum atomic E-state index is 12.2. The largest absolute Gasteiger partial charge is 0.349 e. The van der Waals surface area contributed by atoms with E-state index in [4.69, 9.17) is 0 Å². The summed E-state index contributed by atoms with van der Waals surface area (Å²) in [5.74, 6) is 1.17. The Balaban J connectivity index is 2.19. The van der Waals surface area contributed by atoms with Crippen molar-refractivity contribution in [2.24, 2.45) is 13.0 Å². The van der Waals surface area contributed by atoms with Gasteiger partial charge < -0.3 is 14.8 Å². The standard InChI is InChI=1S/C14H24N4O/c1-11(2)18(10-12-5-4-6-15-9-12)13-14(19)17(3)8-7-16-13/h7-8,11-12,15H,4-6,9-10H2,1-3H3. The van der Waals surface area contributed by atoms with E-state index in [0.717, 1.165) is 19.6 Å². The summed E-state index contributed by atoms with van der Waals surface area (Å²) in [7, 11) is 1.77. The van der Waals surface area contributed by atoms with Crippen LogP contribution in [-0.2, 0) is 7.05 Å². The van der Waals surface area contributed by atoms with Gasteiger partial charge in [-0.25, -0.2) is 4.98 Å². The van der Waals surface area contributed by atoms with Gasteiger partial charge in [-0.3, -0.25) is 4.79 Å². The molecule has 5 nitrogen and oxygen atoms in total. The summed E-state index contributed by atoms with van der Waals surface area (Å²) in [5.41, 5.74) is -0.0139. The molecule has 2 heterocycles. The Hall–Kier alpha value is -1.36. The van der Waals surface area contributed by atoms with E-state index in [1.807, 2.05) is 0 Å². The van der Waals surface area contributed by atoms with Crippen LogP contribution in [0.25, 0.3) is 0 Å². The molecule has 1 atom stereocenters. The highest BCUT2D eigenvalue weighted by Crippen LogP contribution is 2.16. The predicted molar refractivity (Wildman–Crippen MR) is 77.6 cm³/mol. The number of aryl methyl sites for hydroxylation is 1. The molecule has 1 aromatic heterocycles. The van der Waals surface area contributed by atoms with Gasteiger partial charge in [0.15, 0.2) is 5.82 Å². The van der Waals surface area contributed by atoms with Gasteiger partial charge in [-0.1, -0.05) is 0 Å². The molecule has 1 aliphatic rings. The number of rotatable bonds is 4. The summed E-state index contributed by atoms with van der Waals surface area (Å²) >= 11 is 0. The average Bonchev–Trinajstić information content (AvgIpc) is 2.40. The van der Waals surface area contributed by atoms with Crippen molar-refractivity contribution in [1.29, 1.82) is 0 Å². The van der Waals surface area contributed by atoms with E-state index in [0.29, 0.717) is 11.7 Å². The number of anilines is 1. The second-order valence-corrected chi connectivity index (χ2v) is 5.63. The van der Waals surface area contributed by atoms with E-state index in [2.05, 4.69) is 29.0 Å². The van der Waals surface area contributed by atoms with Crippen molar-refractivity contribution in [2.75, 3.05) is 24.5 Å². The van der Waals surface area contributed by atoms with Crippen LogP contribution in [0.5, 0.6) is 0 Å². The van der Waals surface area contributed by atoms with E-state index in [9.17, 15) is 4.79 Å². The molecule has 19 heavy (non-hydrogen) atoms. The monoisotopic (exact) mass is 264 g/mol. The second kappa shape index (κ2) is 6.19. The first-order valence-electron chi connectivity index (χ1n) is 7.08. The Morgan fingerprint density at radius 2 is 2.37 bits per heavy atom. The van der Waals surface area contributed by atoms with E-state index >= 15 is 0 Å². The first-order chi connectivity index (χ1) is 9.09. The molecule has 0 aromatic carbocycles. The molecule has 1 N–H and O–H groups in total. The average molecular weight is 264 g/mol. The van der Waals surface area contributed by atoms with Gasteiger partial charge in [0.1, 0.15) is 0 Å². The predicted octanol–water partition coefficient (Wildman–Crippen LogP) is 0.995. The van der Waals surface area contributed by atoms with Gasteiger partial charge in [-0.05, 0) is 45.7 Å². The van der Waals surface area contributed by atoms with Gasteiger partial charge in [0, 0.05) is 32.0 Å². The molecule has 0 saturated carbocycles. The topological polar surface area (TPSA) is 50.2 Å². The summed E-state index contributed by atoms with van der Waals surface area (Å²) in [4.78, 5) is 18.6. The first kappa shape index (κ1) is 14.1. The van der Waals surface area contributed by atoms with E-state index in [1.165, 1.54) is 12.8 Å². The summed E-state index contributed by atoms with van der Waals surface area (Å²) in [5, 5.41) is 3.43. The maximum absolute atomic E-state index is 12.2. The lowest BCUT2D eigenvalue weighted by atomic mass is 9.98. The molecule has 0 amide bonds. The van der Waals surface area contributed by atoms with Crippen molar-refractivity contribution in [2.45, 2.75) is 32.7 Å². The van der Waals surface area contributed by atoms with Gasteiger partial charge in [0.25, 0.3) is 5.56 Å². The second-order valence-electron chi connectivity index (χ2n) is 5.63. The lowest BCUT2D eigenvalue weighted by Gasteiger charge is -2.33. The molecular weight excluding hydrogens is 240 g/mol. The Labute approximate surface area is 114 Å². The van der Waals surface area contributed by atoms with Crippen LogP contribution < -0.4 is 15.8 Å². The minimum absolute atomic E-state index is 0.0139. The third kappa shape index (κ3) is 3.35. The molecule has 0 bridgehead atoms. The Bertz CT molecular complexity index is 463. The fourth-order valence-corrected chi connectivity index (χ4v) is 2.58. The molecule has 5 heteroatoms. The van der Waals surface area contributed by atoms with Crippen LogP contribution in [-0.4, -0.2) is 35.2 Å². The van der Waals surface area contributed by atoms with Gasteiger partial charge in [-0.15, -0.1) is 0 Å². The first-order valence-corrected chi connectivity index (χ1v) is 7.08. The minimum Gasteiger partial charge on any atom is -0.349 e. The van der Waals surface area contributed by atoms with Crippen molar-refractivity contribution >= 4 is 5.82 Å². The smallest absolute Gasteiger partial charge is 0.293 e. The molecule has 2 rings (SSSR count). The van der Waals surface area contributed by atoms with Crippen LogP contribution in [0.3, 0.4) is 0 Å². The number of nitrogens with zero attached hydrogens (tertiary/aromatic N) is 3. The molecule has 0 spiro atoms. The van der Waals surface area contributed by atoms with Crippen LogP contribution in [0, 0.1) is 5.92 Å². The molecule has 0 radical (unpaired) electrons. The van der Waals surface area contributed by atoms with Crippen molar-refractivity contribution in [3.05, 3.63) is 22.7 Å². The van der Waals surface area contributed by atoms with Crippen LogP contribution in [0.1, 0.15) is 26.7 Å². The normalized spacial score (nSPS) is 19.7. The van der Waals surface area contributed by atoms with Crippen LogP contribution in [0.2, 0.25) is 0 Å². The fourth-order valence-electron chi connectivity index (χ4n) is 2.58. The quantitative estimate of drug-likeness (QED) is 0.881. The Morgan fingerprint density at radius 3 is 3.00 bits per heavy atom. The van der Waals surface area contributed by atoms with E-state index in [-0.39, 0.29) is 11.6 Å². The number of hydrogen-bond acceptors (Lipinski definition) is 4. The summed E-state index contributed by atoms with van der Waals surface area (Å²) in [6.07, 6.45) is 5.85. The van der Waals surface area contributed by atoms with Crippen LogP contribution >= 0.6 is 0 Å². The van der Waals surface area contributed by atoms with Gasteiger partial charge >= 0.3 is 0 Å². The van der Waals surface area contributed by atoms with Crippen LogP contribution in [0.4, 0.5) is 5.82 Å². The zero-order valence-corrected chi connectivity index (χ0v) is 12.1. The van der Waals surface area contributed by atoms with E-state index in [1.54, 1.807) is 24.0 Å². The molecular formula is C14H24N4O. The van der Waals surface area contributed by atoms with Gasteiger partial charge in [0.2, 0.25) is 0 Å². The third-order valence-electron chi connectivity index (χ3n) is 3.75. The van der Waals surface area contributed by atoms with Gasteiger partial charge in [-0.2, -0.15) is 0 Å². The molecule has 1 fully saturated rings. The highest BCUT2D eigenvalue weighted by atomic mass is 16.1. The summed E-state index contributed by atoms with van der Waals surface area (Å²) < 4.78 is 1.59. The fraction of sp³-hybridized carbons (Fsp3) is 0.714. The lowest BCUT2D eigenvalue weighted by Crippen LogP contribution is -2.44. The molecule has 1 saturated heterocycles. The maximum Gasteiger partial charge on any atom is 0.293 e. The van der Waals surface area contributed by atoms with Crippen molar-refractivity contribution < 1.29 is 0 Å². The van der Waals surface area contributed by atoms with Crippen molar-refractivity contribution in [3.63, 3.8) is 0 Å². The van der Waals surface area contributed by atoms with Crippen LogP contribution in [0.15, 0.2) is 17.2 Å². The molecule has 0 aliphatic carbocycles. The SMILES string of the molecule is CC(C)N(CC1CCCNC1)c1nccn(C)c1=O. The Kier molecular flexibility index (Phi) is 4.58. The lowest BCUT2D eigenvalue weighted by molar-refractivity contribution is 0.370. The molecule has 1 aromatic rings. The highest BCUT2D eigenvalue weighted by Gasteiger charge is 2.22. The number of piperidine rings is 1. The number of hydrogen-bond donors (Lipinski definition) is 1. The van der Waals surface area contributed by atoms with Crippen molar-refractivity contribution in [3.8, 4) is 0 Å². The zero-order chi connectivity index (χ0) is 13.8.